The van der Waals surface area contributed by atoms with Crippen LogP contribution in [0.25, 0.3) is 10.2 Å². The average molecular weight is 426 g/mol. The molecule has 0 unspecified atom stereocenters. The Labute approximate surface area is 174 Å². The quantitative estimate of drug-likeness (QED) is 0.574. The maximum Gasteiger partial charge on any atom is 0.280 e. The van der Waals surface area contributed by atoms with Gasteiger partial charge in [-0.15, -0.1) is 12.4 Å². The van der Waals surface area contributed by atoms with Crippen LogP contribution in [0.4, 0.5) is 9.52 Å². The summed E-state index contributed by atoms with van der Waals surface area (Å²) in [6.07, 6.45) is 0.802. The van der Waals surface area contributed by atoms with Gasteiger partial charge in [-0.1, -0.05) is 11.3 Å². The Bertz CT molecular complexity index is 955. The largest absolute Gasteiger partial charge is 0.309 e. The fourth-order valence-electron chi connectivity index (χ4n) is 2.90. The standard InChI is InChI=1S/C19H24FN5OS.ClH/c1-5-25-13(2)11-16(22-25)18(26)24(10-6-9-23(3)4)19-21-15-8-7-14(20)12-17(15)27-19;/h7-8,11-12H,5-6,9-10H2,1-4H3;1H. The zero-order chi connectivity index (χ0) is 19.6. The second-order valence-electron chi connectivity index (χ2n) is 6.71. The fourth-order valence-corrected chi connectivity index (χ4v) is 3.92. The Morgan fingerprint density at radius 2 is 2.00 bits per heavy atom. The zero-order valence-corrected chi connectivity index (χ0v) is 18.1. The van der Waals surface area contributed by atoms with Crippen LogP contribution in [-0.4, -0.2) is 52.8 Å². The molecule has 9 heteroatoms. The minimum Gasteiger partial charge on any atom is -0.309 e. The van der Waals surface area contributed by atoms with Crippen LogP contribution in [0.1, 0.15) is 29.5 Å². The van der Waals surface area contributed by atoms with Gasteiger partial charge in [-0.2, -0.15) is 5.10 Å². The lowest BCUT2D eigenvalue weighted by atomic mass is 10.3. The van der Waals surface area contributed by atoms with Crippen LogP contribution in [0.2, 0.25) is 0 Å². The van der Waals surface area contributed by atoms with E-state index in [1.54, 1.807) is 21.7 Å². The molecule has 28 heavy (non-hydrogen) atoms. The molecule has 0 spiro atoms. The first-order valence-corrected chi connectivity index (χ1v) is 9.78. The Balaban J connectivity index is 0.00000280. The molecule has 0 radical (unpaired) electrons. The summed E-state index contributed by atoms with van der Waals surface area (Å²) in [6.45, 7) is 6.01. The van der Waals surface area contributed by atoms with E-state index in [0.29, 0.717) is 29.4 Å². The molecule has 0 aliphatic carbocycles. The highest BCUT2D eigenvalue weighted by atomic mass is 35.5. The summed E-state index contributed by atoms with van der Waals surface area (Å²) in [6, 6.07) is 6.28. The van der Waals surface area contributed by atoms with Crippen molar-refractivity contribution in [2.45, 2.75) is 26.8 Å². The van der Waals surface area contributed by atoms with E-state index >= 15 is 0 Å². The van der Waals surface area contributed by atoms with Gasteiger partial charge < -0.3 is 4.90 Å². The summed E-state index contributed by atoms with van der Waals surface area (Å²) >= 11 is 1.32. The second-order valence-corrected chi connectivity index (χ2v) is 7.72. The molecule has 0 atom stereocenters. The number of amides is 1. The normalized spacial score (nSPS) is 11.1. The van der Waals surface area contributed by atoms with Crippen molar-refractivity contribution in [3.8, 4) is 0 Å². The third kappa shape index (κ3) is 4.87. The molecule has 0 saturated heterocycles. The van der Waals surface area contributed by atoms with Crippen molar-refractivity contribution in [1.82, 2.24) is 19.7 Å². The van der Waals surface area contributed by atoms with Gasteiger partial charge in [0.05, 0.1) is 10.2 Å². The maximum absolute atomic E-state index is 13.5. The number of hydrogen-bond donors (Lipinski definition) is 0. The van der Waals surface area contributed by atoms with Crippen LogP contribution in [0.15, 0.2) is 24.3 Å². The molecule has 3 rings (SSSR count). The summed E-state index contributed by atoms with van der Waals surface area (Å²) in [5.74, 6) is -0.482. The molecule has 1 aromatic carbocycles. The van der Waals surface area contributed by atoms with Gasteiger partial charge in [0.25, 0.3) is 5.91 Å². The average Bonchev–Trinajstić information content (AvgIpc) is 3.20. The maximum atomic E-state index is 13.5. The van der Waals surface area contributed by atoms with E-state index in [9.17, 15) is 9.18 Å². The first-order valence-electron chi connectivity index (χ1n) is 8.96. The Morgan fingerprint density at radius 1 is 1.25 bits per heavy atom. The Morgan fingerprint density at radius 3 is 2.64 bits per heavy atom. The van der Waals surface area contributed by atoms with Crippen LogP contribution in [0.5, 0.6) is 0 Å². The minimum absolute atomic E-state index is 0. The lowest BCUT2D eigenvalue weighted by molar-refractivity contribution is 0.0980. The summed E-state index contributed by atoms with van der Waals surface area (Å²) in [7, 11) is 4.00. The van der Waals surface area contributed by atoms with Crippen molar-refractivity contribution in [3.63, 3.8) is 0 Å². The number of anilines is 1. The number of halogens is 2. The van der Waals surface area contributed by atoms with E-state index in [1.165, 1.54) is 23.5 Å². The lowest BCUT2D eigenvalue weighted by Gasteiger charge is -2.20. The number of aryl methyl sites for hydroxylation is 2. The molecular formula is C19H25ClFN5OS. The van der Waals surface area contributed by atoms with Crippen molar-refractivity contribution in [2.75, 3.05) is 32.1 Å². The van der Waals surface area contributed by atoms with E-state index in [-0.39, 0.29) is 24.1 Å². The van der Waals surface area contributed by atoms with Gasteiger partial charge in [-0.25, -0.2) is 9.37 Å². The highest BCUT2D eigenvalue weighted by molar-refractivity contribution is 7.22. The van der Waals surface area contributed by atoms with Crippen molar-refractivity contribution in [1.29, 1.82) is 0 Å². The highest BCUT2D eigenvalue weighted by Gasteiger charge is 2.24. The molecule has 0 N–H and O–H groups in total. The van der Waals surface area contributed by atoms with Gasteiger partial charge >= 0.3 is 0 Å². The molecule has 152 valence electrons. The van der Waals surface area contributed by atoms with E-state index in [4.69, 9.17) is 0 Å². The van der Waals surface area contributed by atoms with Gasteiger partial charge in [0, 0.05) is 18.8 Å². The molecule has 1 amide bonds. The van der Waals surface area contributed by atoms with Crippen molar-refractivity contribution in [3.05, 3.63) is 41.5 Å². The third-order valence-corrected chi connectivity index (χ3v) is 5.34. The SMILES string of the molecule is CCn1nc(C(=O)N(CCCN(C)C)c2nc3ccc(F)cc3s2)cc1C.Cl. The topological polar surface area (TPSA) is 54.3 Å². The number of aromatic nitrogens is 3. The number of benzene rings is 1. The summed E-state index contributed by atoms with van der Waals surface area (Å²) < 4.78 is 16.1. The van der Waals surface area contributed by atoms with Crippen molar-refractivity contribution >= 4 is 45.0 Å². The number of nitrogens with zero attached hydrogens (tertiary/aromatic N) is 5. The van der Waals surface area contributed by atoms with Crippen molar-refractivity contribution < 1.29 is 9.18 Å². The molecule has 3 aromatic rings. The number of carbonyl (C=O) groups is 1. The lowest BCUT2D eigenvalue weighted by Crippen LogP contribution is -2.33. The van der Waals surface area contributed by atoms with E-state index in [0.717, 1.165) is 23.4 Å². The summed E-state index contributed by atoms with van der Waals surface area (Å²) in [5.41, 5.74) is 2.04. The van der Waals surface area contributed by atoms with E-state index in [2.05, 4.69) is 15.0 Å². The van der Waals surface area contributed by atoms with Gasteiger partial charge in [0.1, 0.15) is 5.82 Å². The Kier molecular flexibility index (Phi) is 7.51. The first-order chi connectivity index (χ1) is 12.9. The van der Waals surface area contributed by atoms with Gasteiger partial charge in [0.15, 0.2) is 10.8 Å². The molecule has 0 saturated carbocycles. The fraction of sp³-hybridized carbons (Fsp3) is 0.421. The summed E-state index contributed by atoms with van der Waals surface area (Å²) in [4.78, 5) is 21.5. The molecule has 6 nitrogen and oxygen atoms in total. The smallest absolute Gasteiger partial charge is 0.280 e. The molecule has 0 bridgehead atoms. The minimum atomic E-state index is -0.305. The van der Waals surface area contributed by atoms with Gasteiger partial charge in [-0.05, 0) is 65.2 Å². The molecule has 0 aliphatic rings. The van der Waals surface area contributed by atoms with Crippen LogP contribution < -0.4 is 4.90 Å². The number of hydrogen-bond acceptors (Lipinski definition) is 5. The van der Waals surface area contributed by atoms with Crippen LogP contribution >= 0.6 is 23.7 Å². The number of carbonyl (C=O) groups excluding carboxylic acids is 1. The molecule has 0 aliphatic heterocycles. The summed E-state index contributed by atoms with van der Waals surface area (Å²) in [5, 5.41) is 4.99. The van der Waals surface area contributed by atoms with Crippen LogP contribution in [0, 0.1) is 12.7 Å². The Hall–Kier alpha value is -2.03. The number of fused-ring (bicyclic) bond motifs is 1. The number of thiazole rings is 1. The predicted octanol–water partition coefficient (Wildman–Crippen LogP) is 3.98. The predicted molar refractivity (Wildman–Crippen MR) is 114 cm³/mol. The van der Waals surface area contributed by atoms with E-state index < -0.39 is 0 Å². The highest BCUT2D eigenvalue weighted by Crippen LogP contribution is 2.30. The number of rotatable bonds is 7. The van der Waals surface area contributed by atoms with Crippen molar-refractivity contribution in [2.24, 2.45) is 0 Å². The van der Waals surface area contributed by atoms with Gasteiger partial charge in [0.2, 0.25) is 0 Å². The van der Waals surface area contributed by atoms with E-state index in [1.807, 2.05) is 27.9 Å². The monoisotopic (exact) mass is 425 g/mol. The first kappa shape index (κ1) is 22.3. The second kappa shape index (κ2) is 9.45. The van der Waals surface area contributed by atoms with Crippen LogP contribution in [-0.2, 0) is 6.54 Å². The molecular weight excluding hydrogens is 401 g/mol. The van der Waals surface area contributed by atoms with Gasteiger partial charge in [-0.3, -0.25) is 14.4 Å². The van der Waals surface area contributed by atoms with Crippen LogP contribution in [0.3, 0.4) is 0 Å². The zero-order valence-electron chi connectivity index (χ0n) is 16.5. The molecule has 2 aromatic heterocycles. The molecule has 0 fully saturated rings. The third-order valence-electron chi connectivity index (χ3n) is 4.30. The molecule has 2 heterocycles.